The highest BCUT2D eigenvalue weighted by Crippen LogP contribution is 2.30. The lowest BCUT2D eigenvalue weighted by molar-refractivity contribution is -0.109. The van der Waals surface area contributed by atoms with Crippen LogP contribution >= 0.6 is 15.9 Å². The predicted octanol–water partition coefficient (Wildman–Crippen LogP) is 4.76. The minimum absolute atomic E-state index is 0.189. The van der Waals surface area contributed by atoms with E-state index in [-0.39, 0.29) is 12.0 Å². The topological polar surface area (TPSA) is 49.9 Å². The molecule has 24 heavy (non-hydrogen) atoms. The SMILES string of the molecule is O=CC(CC(=O)c1ccc(F)cc1F)c1c[nH]c2ccc(Br)cc12. The molecule has 0 saturated heterocycles. The van der Waals surface area contributed by atoms with Gasteiger partial charge in [0.2, 0.25) is 0 Å². The van der Waals surface area contributed by atoms with Crippen LogP contribution < -0.4 is 0 Å². The average Bonchev–Trinajstić information content (AvgIpc) is 2.95. The molecule has 0 radical (unpaired) electrons. The number of rotatable bonds is 5. The molecule has 0 aliphatic heterocycles. The van der Waals surface area contributed by atoms with Crippen LogP contribution in [0.15, 0.2) is 47.1 Å². The maximum Gasteiger partial charge on any atom is 0.166 e. The van der Waals surface area contributed by atoms with Gasteiger partial charge in [0.1, 0.15) is 17.9 Å². The summed E-state index contributed by atoms with van der Waals surface area (Å²) in [4.78, 5) is 26.9. The van der Waals surface area contributed by atoms with Gasteiger partial charge in [0, 0.05) is 40.0 Å². The molecule has 3 rings (SSSR count). The van der Waals surface area contributed by atoms with E-state index in [2.05, 4.69) is 20.9 Å². The van der Waals surface area contributed by atoms with Crippen molar-refractivity contribution in [1.82, 2.24) is 4.98 Å². The molecule has 1 atom stereocenters. The van der Waals surface area contributed by atoms with Crippen molar-refractivity contribution in [3.05, 3.63) is 69.8 Å². The summed E-state index contributed by atoms with van der Waals surface area (Å²) in [5.74, 6) is -2.94. The minimum atomic E-state index is -0.925. The van der Waals surface area contributed by atoms with E-state index in [1.165, 1.54) is 0 Å². The Labute approximate surface area is 144 Å². The molecule has 6 heteroatoms. The summed E-state index contributed by atoms with van der Waals surface area (Å²) in [6.45, 7) is 0. The molecule has 3 aromatic rings. The number of carbonyl (C=O) groups is 2. The molecule has 0 saturated carbocycles. The number of H-pyrrole nitrogens is 1. The molecule has 1 N–H and O–H groups in total. The Morgan fingerprint density at radius 2 is 2.00 bits per heavy atom. The van der Waals surface area contributed by atoms with Gasteiger partial charge in [-0.25, -0.2) is 8.78 Å². The zero-order chi connectivity index (χ0) is 17.3. The first-order valence-electron chi connectivity index (χ1n) is 7.19. The largest absolute Gasteiger partial charge is 0.361 e. The lowest BCUT2D eigenvalue weighted by Gasteiger charge is -2.10. The molecule has 0 aliphatic carbocycles. The smallest absolute Gasteiger partial charge is 0.166 e. The predicted molar refractivity (Wildman–Crippen MR) is 90.1 cm³/mol. The van der Waals surface area contributed by atoms with E-state index >= 15 is 0 Å². The van der Waals surface area contributed by atoms with Gasteiger partial charge in [0.15, 0.2) is 5.78 Å². The van der Waals surface area contributed by atoms with E-state index in [1.54, 1.807) is 6.20 Å². The number of aromatic amines is 1. The molecule has 1 aromatic heterocycles. The molecule has 0 fully saturated rings. The second-order valence-corrected chi connectivity index (χ2v) is 6.34. The second kappa shape index (κ2) is 6.65. The molecule has 122 valence electrons. The lowest BCUT2D eigenvalue weighted by Crippen LogP contribution is -2.10. The highest BCUT2D eigenvalue weighted by atomic mass is 79.9. The number of benzene rings is 2. The Bertz CT molecular complexity index is 936. The number of carbonyl (C=O) groups excluding carboxylic acids is 2. The fraction of sp³-hybridized carbons (Fsp3) is 0.111. The third-order valence-corrected chi connectivity index (χ3v) is 4.37. The van der Waals surface area contributed by atoms with Crippen molar-refractivity contribution in [2.75, 3.05) is 0 Å². The van der Waals surface area contributed by atoms with Gasteiger partial charge in [-0.15, -0.1) is 0 Å². The normalized spacial score (nSPS) is 12.3. The first kappa shape index (κ1) is 16.5. The minimum Gasteiger partial charge on any atom is -0.361 e. The first-order valence-corrected chi connectivity index (χ1v) is 7.99. The third-order valence-electron chi connectivity index (χ3n) is 3.88. The number of fused-ring (bicyclic) bond motifs is 1. The van der Waals surface area contributed by atoms with Crippen molar-refractivity contribution in [1.29, 1.82) is 0 Å². The second-order valence-electron chi connectivity index (χ2n) is 5.43. The van der Waals surface area contributed by atoms with Gasteiger partial charge < -0.3 is 9.78 Å². The number of ketones is 1. The number of hydrogen-bond acceptors (Lipinski definition) is 2. The zero-order valence-corrected chi connectivity index (χ0v) is 13.9. The summed E-state index contributed by atoms with van der Waals surface area (Å²) < 4.78 is 27.5. The fourth-order valence-electron chi connectivity index (χ4n) is 2.68. The number of halogens is 3. The van der Waals surface area contributed by atoms with Crippen molar-refractivity contribution >= 4 is 38.9 Å². The molecule has 1 heterocycles. The van der Waals surface area contributed by atoms with E-state index in [1.807, 2.05) is 18.2 Å². The van der Waals surface area contributed by atoms with Gasteiger partial charge in [-0.2, -0.15) is 0 Å². The molecule has 0 amide bonds. The quantitative estimate of drug-likeness (QED) is 0.503. The summed E-state index contributed by atoms with van der Waals surface area (Å²) in [6, 6.07) is 8.34. The number of Topliss-reactive ketones (excluding diaryl/α,β-unsaturated/α-hetero) is 1. The molecular weight excluding hydrogens is 380 g/mol. The van der Waals surface area contributed by atoms with Crippen LogP contribution in [-0.2, 0) is 4.79 Å². The van der Waals surface area contributed by atoms with Crippen molar-refractivity contribution in [2.24, 2.45) is 0 Å². The Morgan fingerprint density at radius 1 is 1.21 bits per heavy atom. The highest BCUT2D eigenvalue weighted by molar-refractivity contribution is 9.10. The fourth-order valence-corrected chi connectivity index (χ4v) is 3.04. The van der Waals surface area contributed by atoms with Gasteiger partial charge in [0.05, 0.1) is 5.56 Å². The van der Waals surface area contributed by atoms with E-state index in [4.69, 9.17) is 0 Å². The number of hydrogen-bond donors (Lipinski definition) is 1. The first-order chi connectivity index (χ1) is 11.5. The average molecular weight is 392 g/mol. The van der Waals surface area contributed by atoms with Crippen LogP contribution in [0.4, 0.5) is 8.78 Å². The number of aldehydes is 1. The van der Waals surface area contributed by atoms with Crippen LogP contribution in [0.2, 0.25) is 0 Å². The molecule has 0 bridgehead atoms. The maximum absolute atomic E-state index is 13.7. The van der Waals surface area contributed by atoms with Crippen LogP contribution in [0.1, 0.15) is 28.3 Å². The van der Waals surface area contributed by atoms with Gasteiger partial charge in [0.25, 0.3) is 0 Å². The summed E-state index contributed by atoms with van der Waals surface area (Å²) in [6.07, 6.45) is 2.15. The number of aromatic nitrogens is 1. The highest BCUT2D eigenvalue weighted by Gasteiger charge is 2.22. The van der Waals surface area contributed by atoms with E-state index in [9.17, 15) is 18.4 Å². The van der Waals surface area contributed by atoms with Crippen LogP contribution in [0, 0.1) is 11.6 Å². The molecule has 1 unspecified atom stereocenters. The Morgan fingerprint density at radius 3 is 2.71 bits per heavy atom. The van der Waals surface area contributed by atoms with E-state index < -0.39 is 23.3 Å². The van der Waals surface area contributed by atoms with Gasteiger partial charge in [-0.3, -0.25) is 4.79 Å². The Kier molecular flexibility index (Phi) is 4.57. The van der Waals surface area contributed by atoms with Crippen molar-refractivity contribution in [3.8, 4) is 0 Å². The lowest BCUT2D eigenvalue weighted by atomic mass is 9.92. The zero-order valence-electron chi connectivity index (χ0n) is 12.4. The van der Waals surface area contributed by atoms with Crippen LogP contribution in [-0.4, -0.2) is 17.1 Å². The molecule has 0 aliphatic rings. The number of nitrogens with one attached hydrogen (secondary N) is 1. The van der Waals surface area contributed by atoms with Gasteiger partial charge in [-0.05, 0) is 35.9 Å². The van der Waals surface area contributed by atoms with Crippen molar-refractivity contribution in [3.63, 3.8) is 0 Å². The van der Waals surface area contributed by atoms with Gasteiger partial charge >= 0.3 is 0 Å². The standard InChI is InChI=1S/C18H12BrF2NO2/c19-11-1-4-17-14(6-11)15(8-22-17)10(9-23)5-18(24)13-3-2-12(20)7-16(13)21/h1-4,6-10,22H,5H2. The molecule has 3 nitrogen and oxygen atoms in total. The molecule has 0 spiro atoms. The van der Waals surface area contributed by atoms with Gasteiger partial charge in [-0.1, -0.05) is 15.9 Å². The Hall–Kier alpha value is -2.34. The Balaban J connectivity index is 1.92. The van der Waals surface area contributed by atoms with Crippen LogP contribution in [0.3, 0.4) is 0 Å². The van der Waals surface area contributed by atoms with E-state index in [0.29, 0.717) is 17.9 Å². The maximum atomic E-state index is 13.7. The summed E-state index contributed by atoms with van der Waals surface area (Å²) in [5.41, 5.74) is 1.28. The third kappa shape index (κ3) is 3.14. The van der Waals surface area contributed by atoms with Crippen molar-refractivity contribution in [2.45, 2.75) is 12.3 Å². The summed E-state index contributed by atoms with van der Waals surface area (Å²) in [5, 5.41) is 0.814. The monoisotopic (exact) mass is 391 g/mol. The van der Waals surface area contributed by atoms with Crippen molar-refractivity contribution < 1.29 is 18.4 Å². The molecular formula is C18H12BrF2NO2. The molecule has 2 aromatic carbocycles. The summed E-state index contributed by atoms with van der Waals surface area (Å²) >= 11 is 3.37. The van der Waals surface area contributed by atoms with Crippen LogP contribution in [0.25, 0.3) is 10.9 Å². The van der Waals surface area contributed by atoms with Crippen LogP contribution in [0.5, 0.6) is 0 Å². The van der Waals surface area contributed by atoms with E-state index in [0.717, 1.165) is 27.5 Å². The summed E-state index contributed by atoms with van der Waals surface area (Å²) in [7, 11) is 0.